The summed E-state index contributed by atoms with van der Waals surface area (Å²) in [6.07, 6.45) is 6.71. The van der Waals surface area contributed by atoms with E-state index in [0.29, 0.717) is 43.6 Å². The number of aromatic nitrogens is 1. The fourth-order valence-electron chi connectivity index (χ4n) is 7.01. The quantitative estimate of drug-likeness (QED) is 0.316. The Morgan fingerprint density at radius 3 is 2.46 bits per heavy atom. The molecule has 0 aliphatic carbocycles. The molecule has 0 radical (unpaired) electrons. The van der Waals surface area contributed by atoms with Crippen LogP contribution in [0.3, 0.4) is 0 Å². The summed E-state index contributed by atoms with van der Waals surface area (Å²) in [5.41, 5.74) is -4.16. The van der Waals surface area contributed by atoms with Gasteiger partial charge in [-0.05, 0) is 79.3 Å². The maximum Gasteiger partial charge on any atom is 0.399 e. The number of rotatable bonds is 7. The first-order valence-electron chi connectivity index (χ1n) is 15.8. The van der Waals surface area contributed by atoms with Gasteiger partial charge in [0, 0.05) is 61.8 Å². The Bertz CT molecular complexity index is 1790. The standard InChI is InChI=1S/C32H36F2N5O7PS/c1-19(40)37-13-9-24-3-4-26(31(43)38-12-8-21(17-38)14-20-6-10-35-11-7-20)39(24)30(42)25(18-37)36-29(41)28-16-22-15-23(2-5-27(22)48-28)32(33,34)47(44,45)46/h2,5-7,10-11,15-16,21,24-26H,3-4,8-9,12-14,17-18H2,1H3,(H,36,41)(H2,44,45,46)/t21-,24+,25-,26-/m0/s1. The van der Waals surface area contributed by atoms with Crippen molar-refractivity contribution in [1.82, 2.24) is 25.0 Å². The number of hydrogen-bond acceptors (Lipinski definition) is 7. The number of nitrogens with one attached hydrogen (secondary N) is 1. The minimum Gasteiger partial charge on any atom is -0.341 e. The average molecular weight is 704 g/mol. The molecule has 0 bridgehead atoms. The molecular formula is C32H36F2N5O7PS. The van der Waals surface area contributed by atoms with E-state index < -0.39 is 42.7 Å². The lowest BCUT2D eigenvalue weighted by Gasteiger charge is -2.39. The number of carbonyl (C=O) groups excluding carboxylic acids is 4. The number of hydrogen-bond donors (Lipinski definition) is 3. The Labute approximate surface area is 279 Å². The summed E-state index contributed by atoms with van der Waals surface area (Å²) in [7, 11) is -5.79. The normalized spacial score (nSPS) is 23.6. The van der Waals surface area contributed by atoms with Crippen LogP contribution in [0.1, 0.15) is 53.4 Å². The first kappa shape index (κ1) is 34.1. The van der Waals surface area contributed by atoms with Crippen LogP contribution in [0, 0.1) is 5.92 Å². The Morgan fingerprint density at radius 1 is 1.02 bits per heavy atom. The highest BCUT2D eigenvalue weighted by molar-refractivity contribution is 7.52. The van der Waals surface area contributed by atoms with Crippen LogP contribution in [0.25, 0.3) is 10.1 Å². The SMILES string of the molecule is CC(=O)N1CC[C@H]2CC[C@@H](C(=O)N3CC[C@@H](Cc4ccncc4)C3)N2C(=O)[C@@H](NC(=O)c2cc3cc(C(F)(F)P(=O)(O)O)ccc3s2)C1. The number of halogens is 2. The molecule has 4 amide bonds. The molecule has 0 spiro atoms. The van der Waals surface area contributed by atoms with Crippen LogP contribution < -0.4 is 5.32 Å². The predicted molar refractivity (Wildman–Crippen MR) is 172 cm³/mol. The van der Waals surface area contributed by atoms with Crippen LogP contribution in [0.2, 0.25) is 0 Å². The monoisotopic (exact) mass is 703 g/mol. The van der Waals surface area contributed by atoms with Crippen LogP contribution in [-0.2, 0) is 31.0 Å². The summed E-state index contributed by atoms with van der Waals surface area (Å²) in [4.78, 5) is 81.4. The van der Waals surface area contributed by atoms with Gasteiger partial charge in [0.25, 0.3) is 5.91 Å². The molecule has 3 aliphatic rings. The highest BCUT2D eigenvalue weighted by atomic mass is 32.1. The molecule has 2 aromatic heterocycles. The van der Waals surface area contributed by atoms with E-state index in [2.05, 4.69) is 10.3 Å². The molecule has 3 aliphatic heterocycles. The highest BCUT2D eigenvalue weighted by Gasteiger charge is 2.50. The zero-order chi connectivity index (χ0) is 34.4. The number of carbonyl (C=O) groups is 4. The number of likely N-dealkylation sites (tertiary alicyclic amines) is 1. The molecule has 0 unspecified atom stereocenters. The van der Waals surface area contributed by atoms with E-state index in [1.807, 2.05) is 17.0 Å². The Kier molecular flexibility index (Phi) is 9.42. The summed E-state index contributed by atoms with van der Waals surface area (Å²) in [5, 5.41) is 2.90. The molecule has 0 saturated carbocycles. The molecule has 3 aromatic rings. The van der Waals surface area contributed by atoms with Gasteiger partial charge in [-0.3, -0.25) is 28.7 Å². The van der Waals surface area contributed by atoms with Crippen molar-refractivity contribution in [2.45, 2.75) is 62.8 Å². The van der Waals surface area contributed by atoms with E-state index in [4.69, 9.17) is 9.79 Å². The van der Waals surface area contributed by atoms with Crippen molar-refractivity contribution < 1.29 is 42.3 Å². The van der Waals surface area contributed by atoms with E-state index in [9.17, 15) is 32.5 Å². The van der Waals surface area contributed by atoms with E-state index in [1.165, 1.54) is 24.0 Å². The average Bonchev–Trinajstić information content (AvgIpc) is 3.79. The molecule has 3 saturated heterocycles. The van der Waals surface area contributed by atoms with E-state index in [0.717, 1.165) is 41.9 Å². The fraction of sp³-hybridized carbons (Fsp3) is 0.469. The molecular weight excluding hydrogens is 667 g/mol. The van der Waals surface area contributed by atoms with Crippen LogP contribution >= 0.6 is 18.9 Å². The zero-order valence-electron chi connectivity index (χ0n) is 26.1. The Hall–Kier alpha value is -3.78. The van der Waals surface area contributed by atoms with Gasteiger partial charge in [-0.1, -0.05) is 6.07 Å². The number of alkyl halides is 2. The van der Waals surface area contributed by atoms with Crippen LogP contribution in [0.15, 0.2) is 48.8 Å². The third-order valence-corrected chi connectivity index (χ3v) is 11.7. The zero-order valence-corrected chi connectivity index (χ0v) is 27.8. The number of fused-ring (bicyclic) bond motifs is 2. The van der Waals surface area contributed by atoms with E-state index in [1.54, 1.807) is 17.3 Å². The van der Waals surface area contributed by atoms with Crippen LogP contribution in [0.5, 0.6) is 0 Å². The van der Waals surface area contributed by atoms with Crippen molar-refractivity contribution in [3.05, 3.63) is 64.8 Å². The summed E-state index contributed by atoms with van der Waals surface area (Å²) in [6.45, 7) is 2.79. The second-order valence-corrected chi connectivity index (χ2v) is 15.5. The lowest BCUT2D eigenvalue weighted by Crippen LogP contribution is -2.61. The van der Waals surface area contributed by atoms with Crippen LogP contribution in [0.4, 0.5) is 8.78 Å². The second kappa shape index (κ2) is 13.3. The maximum absolute atomic E-state index is 14.3. The summed E-state index contributed by atoms with van der Waals surface area (Å²) in [5.74, 6) is -1.25. The van der Waals surface area contributed by atoms with Gasteiger partial charge in [0.1, 0.15) is 12.1 Å². The number of pyridine rings is 1. The van der Waals surface area contributed by atoms with Gasteiger partial charge < -0.3 is 29.8 Å². The third kappa shape index (κ3) is 6.73. The van der Waals surface area contributed by atoms with Gasteiger partial charge in [-0.2, -0.15) is 8.78 Å². The molecule has 5 heterocycles. The van der Waals surface area contributed by atoms with Gasteiger partial charge in [-0.25, -0.2) is 0 Å². The number of thiophene rings is 1. The minimum absolute atomic E-state index is 0.0776. The maximum atomic E-state index is 14.3. The molecule has 3 fully saturated rings. The Balaban J connectivity index is 1.20. The van der Waals surface area contributed by atoms with Gasteiger partial charge in [-0.15, -0.1) is 11.3 Å². The minimum atomic E-state index is -5.79. The summed E-state index contributed by atoms with van der Waals surface area (Å²) < 4.78 is 40.5. The number of amides is 4. The molecule has 48 heavy (non-hydrogen) atoms. The first-order valence-corrected chi connectivity index (χ1v) is 18.2. The molecule has 16 heteroatoms. The van der Waals surface area contributed by atoms with Crippen molar-refractivity contribution >= 4 is 52.6 Å². The smallest absolute Gasteiger partial charge is 0.341 e. The topological polar surface area (TPSA) is 160 Å². The predicted octanol–water partition coefficient (Wildman–Crippen LogP) is 3.32. The van der Waals surface area contributed by atoms with Crippen molar-refractivity contribution in [1.29, 1.82) is 0 Å². The molecule has 4 atom stereocenters. The Morgan fingerprint density at radius 2 is 1.75 bits per heavy atom. The fourth-order valence-corrected chi connectivity index (χ4v) is 8.43. The van der Waals surface area contributed by atoms with Crippen LogP contribution in [-0.4, -0.2) is 97.4 Å². The van der Waals surface area contributed by atoms with Gasteiger partial charge in [0.15, 0.2) is 0 Å². The lowest BCUT2D eigenvalue weighted by molar-refractivity contribution is -0.148. The van der Waals surface area contributed by atoms with Crippen molar-refractivity contribution in [3.63, 3.8) is 0 Å². The molecule has 6 rings (SSSR count). The van der Waals surface area contributed by atoms with Gasteiger partial charge >= 0.3 is 13.3 Å². The molecule has 12 nitrogen and oxygen atoms in total. The molecule has 3 N–H and O–H groups in total. The van der Waals surface area contributed by atoms with E-state index >= 15 is 0 Å². The number of benzene rings is 1. The van der Waals surface area contributed by atoms with Crippen molar-refractivity contribution in [2.75, 3.05) is 26.2 Å². The third-order valence-electron chi connectivity index (χ3n) is 9.55. The van der Waals surface area contributed by atoms with Crippen molar-refractivity contribution in [2.24, 2.45) is 5.92 Å². The molecule has 1 aromatic carbocycles. The summed E-state index contributed by atoms with van der Waals surface area (Å²) >= 11 is 0.960. The summed E-state index contributed by atoms with van der Waals surface area (Å²) in [6, 6.07) is 6.15. The highest BCUT2D eigenvalue weighted by Crippen LogP contribution is 2.59. The second-order valence-electron chi connectivity index (χ2n) is 12.7. The van der Waals surface area contributed by atoms with Crippen molar-refractivity contribution in [3.8, 4) is 0 Å². The largest absolute Gasteiger partial charge is 0.399 e. The van der Waals surface area contributed by atoms with Gasteiger partial charge in [0.2, 0.25) is 17.7 Å². The first-order chi connectivity index (χ1) is 22.7. The van der Waals surface area contributed by atoms with Gasteiger partial charge in [0.05, 0.1) is 4.88 Å². The molecule has 256 valence electrons. The van der Waals surface area contributed by atoms with E-state index in [-0.39, 0.29) is 40.6 Å². The number of nitrogens with zero attached hydrogens (tertiary/aromatic N) is 4. The lowest BCUT2D eigenvalue weighted by atomic mass is 10.00.